The van der Waals surface area contributed by atoms with Gasteiger partial charge in [0.2, 0.25) is 0 Å². The van der Waals surface area contributed by atoms with Gasteiger partial charge in [0.25, 0.3) is 0 Å². The van der Waals surface area contributed by atoms with Crippen LogP contribution >= 0.6 is 0 Å². The third-order valence-electron chi connectivity index (χ3n) is 4.79. The van der Waals surface area contributed by atoms with Crippen LogP contribution < -0.4 is 5.73 Å². The van der Waals surface area contributed by atoms with E-state index in [2.05, 4.69) is 0 Å². The fourth-order valence-electron chi connectivity index (χ4n) is 3.54. The number of benzene rings is 2. The maximum atomic E-state index is 12.9. The summed E-state index contributed by atoms with van der Waals surface area (Å²) in [5.41, 5.74) is 8.10. The molecule has 0 spiro atoms. The average Bonchev–Trinajstić information content (AvgIpc) is 3.07. The second-order valence-corrected chi connectivity index (χ2v) is 6.40. The van der Waals surface area contributed by atoms with E-state index in [1.54, 1.807) is 6.07 Å². The Hall–Kier alpha value is -2.62. The first kappa shape index (κ1) is 16.2. The normalized spacial score (nSPS) is 14.7. The average molecular weight is 323 g/mol. The zero-order valence-electron chi connectivity index (χ0n) is 13.5. The van der Waals surface area contributed by atoms with Gasteiger partial charge in [-0.1, -0.05) is 62.1 Å². The molecule has 0 aromatic heterocycles. The first-order chi connectivity index (χ1) is 11.6. The van der Waals surface area contributed by atoms with Gasteiger partial charge in [-0.25, -0.2) is 4.79 Å². The fraction of sp³-hybridized carbons (Fsp3) is 0.300. The van der Waals surface area contributed by atoms with Gasteiger partial charge >= 0.3 is 5.97 Å². The van der Waals surface area contributed by atoms with Crippen molar-refractivity contribution in [2.45, 2.75) is 32.1 Å². The molecule has 0 bridgehead atoms. The van der Waals surface area contributed by atoms with Crippen molar-refractivity contribution in [3.63, 3.8) is 0 Å². The number of carbonyl (C=O) groups is 2. The lowest BCUT2D eigenvalue weighted by molar-refractivity contribution is 0.0698. The van der Waals surface area contributed by atoms with Crippen LogP contribution in [0.4, 0.5) is 5.69 Å². The Morgan fingerprint density at radius 2 is 1.71 bits per heavy atom. The van der Waals surface area contributed by atoms with Crippen LogP contribution in [0.5, 0.6) is 0 Å². The molecule has 1 aliphatic carbocycles. The molecule has 0 heterocycles. The van der Waals surface area contributed by atoms with E-state index < -0.39 is 5.97 Å². The van der Waals surface area contributed by atoms with Crippen LogP contribution in [0.3, 0.4) is 0 Å². The molecule has 0 unspecified atom stereocenters. The van der Waals surface area contributed by atoms with Crippen molar-refractivity contribution < 1.29 is 14.7 Å². The Kier molecular flexibility index (Phi) is 4.65. The van der Waals surface area contributed by atoms with E-state index in [4.69, 9.17) is 5.73 Å². The Morgan fingerprint density at radius 1 is 1.04 bits per heavy atom. The first-order valence-corrected chi connectivity index (χ1v) is 8.32. The molecule has 2 aromatic carbocycles. The number of anilines is 1. The molecule has 0 radical (unpaired) electrons. The highest BCUT2D eigenvalue weighted by Gasteiger charge is 2.25. The van der Waals surface area contributed by atoms with Crippen LogP contribution in [0.25, 0.3) is 11.1 Å². The molecule has 0 atom stereocenters. The summed E-state index contributed by atoms with van der Waals surface area (Å²) in [6.45, 7) is 0. The summed E-state index contributed by atoms with van der Waals surface area (Å²) in [5, 5.41) is 9.33. The fourth-order valence-corrected chi connectivity index (χ4v) is 3.54. The van der Waals surface area contributed by atoms with Crippen LogP contribution in [0.15, 0.2) is 42.5 Å². The Labute approximate surface area is 141 Å². The molecule has 0 aliphatic heterocycles. The zero-order chi connectivity index (χ0) is 17.1. The Balaban J connectivity index is 2.07. The SMILES string of the molecule is Nc1c(C(=O)O)ccc(-c2ccccc2)c1C(=O)CC1CCCC1. The number of ketones is 1. The van der Waals surface area contributed by atoms with Crippen molar-refractivity contribution >= 4 is 17.4 Å². The second-order valence-electron chi connectivity index (χ2n) is 6.40. The van der Waals surface area contributed by atoms with E-state index in [1.807, 2.05) is 30.3 Å². The standard InChI is InChI=1S/C20H21NO3/c21-19-16(20(23)24)11-10-15(14-8-2-1-3-9-14)18(19)17(22)12-13-6-4-5-7-13/h1-3,8-11,13H,4-7,12,21H2,(H,23,24). The maximum absolute atomic E-state index is 12.9. The first-order valence-electron chi connectivity index (χ1n) is 8.32. The number of carboxylic acids is 1. The number of nitrogen functional groups attached to an aromatic ring is 1. The van der Waals surface area contributed by atoms with Crippen molar-refractivity contribution in [1.82, 2.24) is 0 Å². The van der Waals surface area contributed by atoms with Gasteiger partial charge in [-0.2, -0.15) is 0 Å². The highest BCUT2D eigenvalue weighted by Crippen LogP contribution is 2.35. The number of hydrogen-bond acceptors (Lipinski definition) is 3. The summed E-state index contributed by atoms with van der Waals surface area (Å²) in [4.78, 5) is 24.3. The van der Waals surface area contributed by atoms with Gasteiger partial charge in [0.1, 0.15) is 0 Å². The van der Waals surface area contributed by atoms with Crippen LogP contribution in [0, 0.1) is 5.92 Å². The Bertz CT molecular complexity index is 762. The molecule has 4 nitrogen and oxygen atoms in total. The van der Waals surface area contributed by atoms with Gasteiger partial charge in [-0.05, 0) is 23.1 Å². The minimum atomic E-state index is -1.11. The van der Waals surface area contributed by atoms with E-state index in [0.717, 1.165) is 31.2 Å². The topological polar surface area (TPSA) is 80.4 Å². The monoisotopic (exact) mass is 323 g/mol. The van der Waals surface area contributed by atoms with Crippen molar-refractivity contribution in [3.8, 4) is 11.1 Å². The van der Waals surface area contributed by atoms with Gasteiger partial charge in [-0.15, -0.1) is 0 Å². The molecule has 124 valence electrons. The number of carboxylic acid groups (broad SMARTS) is 1. The number of carbonyl (C=O) groups excluding carboxylic acids is 1. The lowest BCUT2D eigenvalue weighted by atomic mass is 9.89. The smallest absolute Gasteiger partial charge is 0.337 e. The number of Topliss-reactive ketones (excluding diaryl/α,β-unsaturated/α-hetero) is 1. The number of hydrogen-bond donors (Lipinski definition) is 2. The number of rotatable bonds is 5. The largest absolute Gasteiger partial charge is 0.478 e. The van der Waals surface area contributed by atoms with Crippen LogP contribution in [-0.2, 0) is 0 Å². The summed E-state index contributed by atoms with van der Waals surface area (Å²) in [5.74, 6) is -0.780. The van der Waals surface area contributed by atoms with Crippen molar-refractivity contribution in [1.29, 1.82) is 0 Å². The van der Waals surface area contributed by atoms with Crippen LogP contribution in [-0.4, -0.2) is 16.9 Å². The molecule has 0 saturated heterocycles. The molecule has 3 N–H and O–H groups in total. The molecular weight excluding hydrogens is 302 g/mol. The summed E-state index contributed by atoms with van der Waals surface area (Å²) < 4.78 is 0. The zero-order valence-corrected chi connectivity index (χ0v) is 13.5. The summed E-state index contributed by atoms with van der Waals surface area (Å²) in [6, 6.07) is 12.7. The van der Waals surface area contributed by atoms with E-state index in [-0.39, 0.29) is 17.0 Å². The van der Waals surface area contributed by atoms with Gasteiger partial charge in [0.05, 0.1) is 11.3 Å². The summed E-state index contributed by atoms with van der Waals surface area (Å²) in [6.07, 6.45) is 4.88. The molecule has 24 heavy (non-hydrogen) atoms. The molecule has 4 heteroatoms. The quantitative estimate of drug-likeness (QED) is 0.631. The van der Waals surface area contributed by atoms with Crippen molar-refractivity contribution in [2.75, 3.05) is 5.73 Å². The molecule has 1 aliphatic rings. The lowest BCUT2D eigenvalue weighted by Crippen LogP contribution is -2.13. The third-order valence-corrected chi connectivity index (χ3v) is 4.79. The van der Waals surface area contributed by atoms with E-state index in [9.17, 15) is 14.7 Å². The van der Waals surface area contributed by atoms with Gasteiger partial charge in [-0.3, -0.25) is 4.79 Å². The van der Waals surface area contributed by atoms with Gasteiger partial charge in [0, 0.05) is 12.0 Å². The Morgan fingerprint density at radius 3 is 2.33 bits per heavy atom. The summed E-state index contributed by atoms with van der Waals surface area (Å²) >= 11 is 0. The predicted molar refractivity (Wildman–Crippen MR) is 94.2 cm³/mol. The van der Waals surface area contributed by atoms with E-state index in [1.165, 1.54) is 6.07 Å². The molecule has 1 saturated carbocycles. The highest BCUT2D eigenvalue weighted by molar-refractivity contribution is 6.11. The van der Waals surface area contributed by atoms with Gasteiger partial charge in [0.15, 0.2) is 5.78 Å². The van der Waals surface area contributed by atoms with Crippen LogP contribution in [0.1, 0.15) is 52.8 Å². The molecule has 2 aromatic rings. The maximum Gasteiger partial charge on any atom is 0.337 e. The lowest BCUT2D eigenvalue weighted by Gasteiger charge is -2.16. The predicted octanol–water partition coefficient (Wildman–Crippen LogP) is 4.40. The van der Waals surface area contributed by atoms with E-state index in [0.29, 0.717) is 23.5 Å². The number of nitrogens with two attached hydrogens (primary N) is 1. The van der Waals surface area contributed by atoms with Gasteiger partial charge < -0.3 is 10.8 Å². The van der Waals surface area contributed by atoms with Crippen LogP contribution in [0.2, 0.25) is 0 Å². The van der Waals surface area contributed by atoms with Crippen molar-refractivity contribution in [3.05, 3.63) is 53.6 Å². The summed E-state index contributed by atoms with van der Waals surface area (Å²) in [7, 11) is 0. The second kappa shape index (κ2) is 6.87. The third kappa shape index (κ3) is 3.18. The molecule has 1 fully saturated rings. The molecule has 0 amide bonds. The minimum Gasteiger partial charge on any atom is -0.478 e. The molecule has 3 rings (SSSR count). The number of aromatic carboxylic acids is 1. The highest BCUT2D eigenvalue weighted by atomic mass is 16.4. The van der Waals surface area contributed by atoms with E-state index >= 15 is 0 Å². The van der Waals surface area contributed by atoms with Crippen molar-refractivity contribution in [2.24, 2.45) is 5.92 Å². The minimum absolute atomic E-state index is 0.00977. The molecular formula is C20H21NO3.